The molecule has 2 aromatic heterocycles. The number of piperazine rings is 1. The number of halogens is 3. The number of nitrogens with zero attached hydrogens (tertiary/aromatic N) is 6. The van der Waals surface area contributed by atoms with Crippen LogP contribution in [0.2, 0.25) is 0 Å². The van der Waals surface area contributed by atoms with E-state index >= 15 is 8.78 Å². The fraction of sp³-hybridized carbons (Fsp3) is 0.396. The average molecular weight is 954 g/mol. The fourth-order valence-electron chi connectivity index (χ4n) is 10.2. The van der Waals surface area contributed by atoms with Crippen molar-refractivity contribution >= 4 is 61.8 Å². The summed E-state index contributed by atoms with van der Waals surface area (Å²) in [6.07, 6.45) is 4.19. The number of ketones is 1. The third-order valence-corrected chi connectivity index (χ3v) is 15.5. The lowest BCUT2D eigenvalue weighted by Crippen LogP contribution is -2.52. The van der Waals surface area contributed by atoms with Gasteiger partial charge in [-0.05, 0) is 79.1 Å². The van der Waals surface area contributed by atoms with Gasteiger partial charge in [0, 0.05) is 118 Å². The highest BCUT2D eigenvalue weighted by Crippen LogP contribution is 2.38. The van der Waals surface area contributed by atoms with Crippen LogP contribution in [0.3, 0.4) is 0 Å². The van der Waals surface area contributed by atoms with E-state index in [0.717, 1.165) is 97.6 Å². The summed E-state index contributed by atoms with van der Waals surface area (Å²) < 4.78 is 78.9. The highest BCUT2D eigenvalue weighted by Gasteiger charge is 2.41. The van der Waals surface area contributed by atoms with Crippen molar-refractivity contribution in [2.24, 2.45) is 5.92 Å². The minimum atomic E-state index is -4.36. The van der Waals surface area contributed by atoms with Crippen molar-refractivity contribution < 1.29 is 45.5 Å². The molecule has 3 aromatic carbocycles. The van der Waals surface area contributed by atoms with Gasteiger partial charge in [-0.3, -0.25) is 34.1 Å². The zero-order chi connectivity index (χ0) is 47.4. The summed E-state index contributed by atoms with van der Waals surface area (Å²) in [5.74, 6) is -3.54. The Morgan fingerprint density at radius 3 is 2.34 bits per heavy atom. The Morgan fingerprint density at radius 1 is 0.882 bits per heavy atom. The van der Waals surface area contributed by atoms with E-state index in [4.69, 9.17) is 4.74 Å². The zero-order valence-corrected chi connectivity index (χ0v) is 38.1. The van der Waals surface area contributed by atoms with Crippen molar-refractivity contribution in [1.29, 1.82) is 0 Å². The summed E-state index contributed by atoms with van der Waals surface area (Å²) in [5, 5.41) is 2.69. The first-order valence-corrected chi connectivity index (χ1v) is 24.3. The first-order valence-electron chi connectivity index (χ1n) is 22.8. The number of fused-ring (bicyclic) bond motifs is 2. The zero-order valence-electron chi connectivity index (χ0n) is 37.3. The molecule has 356 valence electrons. The second-order valence-electron chi connectivity index (χ2n) is 18.1. The Labute approximate surface area is 390 Å². The Bertz CT molecular complexity index is 2940. The third kappa shape index (κ3) is 8.64. The quantitative estimate of drug-likeness (QED) is 0.110. The van der Waals surface area contributed by atoms with Crippen LogP contribution >= 0.6 is 0 Å². The lowest BCUT2D eigenvalue weighted by atomic mass is 9.95. The number of methoxy groups -OCH3 is 1. The molecular formula is C48H50F3N9O7S. The number of alkyl halides is 1. The average Bonchev–Trinajstić information content (AvgIpc) is 4.07. The lowest BCUT2D eigenvalue weighted by Gasteiger charge is -2.40. The van der Waals surface area contributed by atoms with Gasteiger partial charge in [-0.2, -0.15) is 12.7 Å². The highest BCUT2D eigenvalue weighted by molar-refractivity contribution is 7.90. The molecule has 4 fully saturated rings. The number of amides is 3. The molecule has 0 radical (unpaired) electrons. The van der Waals surface area contributed by atoms with Gasteiger partial charge in [0.1, 0.15) is 29.4 Å². The summed E-state index contributed by atoms with van der Waals surface area (Å²) in [7, 11) is -2.81. The van der Waals surface area contributed by atoms with E-state index in [1.165, 1.54) is 6.20 Å². The molecule has 16 nitrogen and oxygen atoms in total. The second-order valence-corrected chi connectivity index (χ2v) is 19.8. The summed E-state index contributed by atoms with van der Waals surface area (Å²) in [5.41, 5.74) is 3.57. The maximum absolute atomic E-state index is 15.8. The molecule has 5 aliphatic heterocycles. The molecule has 0 spiro atoms. The standard InChI is InChI=1S/C48H50F3N9O7S/c1-67-40-22-34(20-31-26-60(48(64)42(31)40)39-8-9-41(61)54-47(39)63)58-18-16-56(17-19-58)25-28-10-13-57(14-11-28)33-4-2-29(3-5-33)30-21-35-36(24-53-46(35)52-23-30)45(62)43-37(50)6-7-38(44(43)51)55-68(65,66)59-15-12-32(49)27-59/h2-7,20-24,28,32,39,55H,8-19,25-27H2,1H3,(H,52,53)(H,54,61,63)/t32-,39?/m1/s1. The number of imide groups is 1. The third-order valence-electron chi connectivity index (χ3n) is 14.0. The number of carbonyl (C=O) groups is 4. The molecule has 4 saturated heterocycles. The van der Waals surface area contributed by atoms with Crippen LogP contribution in [0.15, 0.2) is 67.0 Å². The highest BCUT2D eigenvalue weighted by atomic mass is 32.2. The van der Waals surface area contributed by atoms with Gasteiger partial charge >= 0.3 is 10.2 Å². The normalized spacial score (nSPS) is 20.9. The predicted octanol–water partition coefficient (Wildman–Crippen LogP) is 5.25. The predicted molar refractivity (Wildman–Crippen MR) is 248 cm³/mol. The molecule has 0 bridgehead atoms. The molecule has 5 aliphatic rings. The first-order chi connectivity index (χ1) is 32.7. The van der Waals surface area contributed by atoms with Crippen molar-refractivity contribution in [3.63, 3.8) is 0 Å². The van der Waals surface area contributed by atoms with Gasteiger partial charge in [0.25, 0.3) is 5.91 Å². The number of carbonyl (C=O) groups excluding carboxylic acids is 4. The summed E-state index contributed by atoms with van der Waals surface area (Å²) in [6.45, 7) is 6.06. The molecule has 0 aliphatic carbocycles. The first kappa shape index (κ1) is 45.3. The van der Waals surface area contributed by atoms with Crippen LogP contribution in [0.1, 0.15) is 63.9 Å². The molecule has 1 unspecified atom stereocenters. The van der Waals surface area contributed by atoms with E-state index in [9.17, 15) is 32.0 Å². The Morgan fingerprint density at radius 2 is 1.63 bits per heavy atom. The number of ether oxygens (including phenoxy) is 1. The van der Waals surface area contributed by atoms with Gasteiger partial charge in [0.05, 0.1) is 23.9 Å². The number of benzene rings is 3. The molecule has 3 amide bonds. The van der Waals surface area contributed by atoms with E-state index in [-0.39, 0.29) is 49.9 Å². The Kier molecular flexibility index (Phi) is 12.1. The number of nitrogens with one attached hydrogen (secondary N) is 3. The number of aromatic amines is 1. The van der Waals surface area contributed by atoms with Crippen LogP contribution in [-0.4, -0.2) is 134 Å². The van der Waals surface area contributed by atoms with Crippen LogP contribution in [0.4, 0.5) is 30.2 Å². The van der Waals surface area contributed by atoms with Crippen molar-refractivity contribution in [1.82, 2.24) is 29.4 Å². The molecule has 7 heterocycles. The van der Waals surface area contributed by atoms with Crippen LogP contribution in [0.5, 0.6) is 5.75 Å². The Hall–Kier alpha value is -6.51. The number of hydrogen-bond acceptors (Lipinski definition) is 11. The SMILES string of the molecule is COc1cc(N2CCN(CC3CCN(c4ccc(-c5cnc6[nH]cc(C(=O)c7c(F)ccc(NS(=O)(=O)N8CC[C@@H](F)C8)c7F)c6c5)cc4)CC3)CC2)cc2c1C(=O)N(C1CCC(=O)NC1=O)C2. The molecule has 3 N–H and O–H groups in total. The molecule has 5 aromatic rings. The number of H-pyrrole nitrogens is 1. The summed E-state index contributed by atoms with van der Waals surface area (Å²) in [6, 6.07) is 14.7. The monoisotopic (exact) mass is 953 g/mol. The molecule has 68 heavy (non-hydrogen) atoms. The van der Waals surface area contributed by atoms with E-state index in [2.05, 4.69) is 30.0 Å². The van der Waals surface area contributed by atoms with Gasteiger partial charge < -0.3 is 24.4 Å². The summed E-state index contributed by atoms with van der Waals surface area (Å²) >= 11 is 0. The second kappa shape index (κ2) is 18.2. The molecular weight excluding hydrogens is 904 g/mol. The van der Waals surface area contributed by atoms with Crippen LogP contribution in [0, 0.1) is 17.6 Å². The largest absolute Gasteiger partial charge is 0.496 e. The van der Waals surface area contributed by atoms with Crippen molar-refractivity contribution in [3.8, 4) is 16.9 Å². The van der Waals surface area contributed by atoms with E-state index < -0.39 is 57.0 Å². The van der Waals surface area contributed by atoms with E-state index in [0.29, 0.717) is 40.2 Å². The van der Waals surface area contributed by atoms with Gasteiger partial charge in [0.2, 0.25) is 17.6 Å². The number of rotatable bonds is 12. The molecule has 20 heteroatoms. The number of anilines is 3. The number of pyridine rings is 1. The van der Waals surface area contributed by atoms with Crippen molar-refractivity contribution in [2.75, 3.05) is 80.5 Å². The minimum absolute atomic E-state index is 0.00134. The Balaban J connectivity index is 0.738. The van der Waals surface area contributed by atoms with Gasteiger partial charge in [-0.1, -0.05) is 12.1 Å². The maximum atomic E-state index is 15.8. The summed E-state index contributed by atoms with van der Waals surface area (Å²) in [4.78, 5) is 67.7. The fourth-order valence-corrected chi connectivity index (χ4v) is 11.5. The van der Waals surface area contributed by atoms with Crippen LogP contribution in [-0.2, 0) is 26.3 Å². The topological polar surface area (TPSA) is 181 Å². The van der Waals surface area contributed by atoms with Crippen molar-refractivity contribution in [3.05, 3.63) is 101 Å². The van der Waals surface area contributed by atoms with E-state index in [1.54, 1.807) is 24.3 Å². The van der Waals surface area contributed by atoms with Crippen LogP contribution < -0.4 is 24.6 Å². The number of piperidine rings is 2. The maximum Gasteiger partial charge on any atom is 0.301 e. The molecule has 10 rings (SSSR count). The van der Waals surface area contributed by atoms with E-state index in [1.807, 2.05) is 41.1 Å². The lowest BCUT2D eigenvalue weighted by molar-refractivity contribution is -0.136. The van der Waals surface area contributed by atoms with Gasteiger partial charge in [-0.15, -0.1) is 0 Å². The van der Waals surface area contributed by atoms with Crippen LogP contribution in [0.25, 0.3) is 22.2 Å². The van der Waals surface area contributed by atoms with Gasteiger partial charge in [0.15, 0.2) is 5.82 Å². The number of hydrogen-bond donors (Lipinski definition) is 3. The smallest absolute Gasteiger partial charge is 0.301 e. The van der Waals surface area contributed by atoms with Crippen molar-refractivity contribution in [2.45, 2.75) is 50.9 Å². The molecule has 0 saturated carbocycles. The molecule has 2 atom stereocenters. The minimum Gasteiger partial charge on any atom is -0.496 e. The van der Waals surface area contributed by atoms with Gasteiger partial charge in [-0.25, -0.2) is 18.2 Å². The number of aromatic nitrogens is 2.